The highest BCUT2D eigenvalue weighted by Gasteiger charge is 2.25. The van der Waals surface area contributed by atoms with Crippen molar-refractivity contribution in [2.75, 3.05) is 13.1 Å². The van der Waals surface area contributed by atoms with E-state index in [0.717, 1.165) is 24.2 Å². The summed E-state index contributed by atoms with van der Waals surface area (Å²) in [5.74, 6) is 0.0585. The predicted octanol–water partition coefficient (Wildman–Crippen LogP) is 3.69. The fourth-order valence-corrected chi connectivity index (χ4v) is 2.84. The van der Waals surface area contributed by atoms with Crippen molar-refractivity contribution in [1.82, 2.24) is 10.2 Å². The molecule has 1 unspecified atom stereocenters. The van der Waals surface area contributed by atoms with Gasteiger partial charge >= 0.3 is 0 Å². The second kappa shape index (κ2) is 8.49. The van der Waals surface area contributed by atoms with Crippen molar-refractivity contribution in [3.63, 3.8) is 0 Å². The number of amides is 1. The molecule has 0 aromatic heterocycles. The molecule has 0 radical (unpaired) electrons. The molecule has 2 aromatic carbocycles. The van der Waals surface area contributed by atoms with Crippen LogP contribution in [-0.4, -0.2) is 23.9 Å². The highest BCUT2D eigenvalue weighted by atomic mass is 16.2. The van der Waals surface area contributed by atoms with E-state index >= 15 is 0 Å². The fourth-order valence-electron chi connectivity index (χ4n) is 2.84. The molecular formula is C20H26N2O. The van der Waals surface area contributed by atoms with E-state index in [0.29, 0.717) is 6.54 Å². The van der Waals surface area contributed by atoms with E-state index in [9.17, 15) is 4.79 Å². The van der Waals surface area contributed by atoms with E-state index in [1.165, 1.54) is 5.56 Å². The number of nitrogens with one attached hydrogen (secondary N) is 1. The Morgan fingerprint density at radius 2 is 1.61 bits per heavy atom. The molecular weight excluding hydrogens is 284 g/mol. The Kier molecular flexibility index (Phi) is 6.36. The van der Waals surface area contributed by atoms with E-state index in [1.54, 1.807) is 0 Å². The fraction of sp³-hybridized carbons (Fsp3) is 0.350. The Labute approximate surface area is 139 Å². The van der Waals surface area contributed by atoms with Crippen LogP contribution in [0.4, 0.5) is 0 Å². The maximum atomic E-state index is 12.8. The highest BCUT2D eigenvalue weighted by Crippen LogP contribution is 2.21. The van der Waals surface area contributed by atoms with Crippen LogP contribution >= 0.6 is 0 Å². The molecule has 0 saturated heterocycles. The van der Waals surface area contributed by atoms with Gasteiger partial charge in [-0.3, -0.25) is 9.69 Å². The third kappa shape index (κ3) is 4.42. The summed E-state index contributed by atoms with van der Waals surface area (Å²) in [5, 5.41) is 3.11. The minimum Gasteiger partial charge on any atom is -0.350 e. The lowest BCUT2D eigenvalue weighted by Crippen LogP contribution is -2.40. The molecule has 0 fully saturated rings. The first kappa shape index (κ1) is 17.2. The third-order valence-corrected chi connectivity index (χ3v) is 4.26. The zero-order valence-corrected chi connectivity index (χ0v) is 14.3. The summed E-state index contributed by atoms with van der Waals surface area (Å²) >= 11 is 0. The number of aryl methyl sites for hydroxylation is 1. The van der Waals surface area contributed by atoms with Gasteiger partial charge in [-0.15, -0.1) is 0 Å². The molecule has 1 amide bonds. The van der Waals surface area contributed by atoms with Gasteiger partial charge in [0.15, 0.2) is 0 Å². The molecule has 2 aromatic rings. The van der Waals surface area contributed by atoms with Gasteiger partial charge in [0, 0.05) is 6.54 Å². The Bertz CT molecular complexity index is 621. The van der Waals surface area contributed by atoms with E-state index < -0.39 is 0 Å². The summed E-state index contributed by atoms with van der Waals surface area (Å²) in [6.45, 7) is 8.50. The second-order valence-electron chi connectivity index (χ2n) is 5.68. The SMILES string of the molecule is CCN(CC)C(C(=O)NCc1ccccc1C)c1ccccc1. The minimum absolute atomic E-state index is 0.0585. The second-order valence-corrected chi connectivity index (χ2v) is 5.68. The maximum absolute atomic E-state index is 12.8. The van der Waals surface area contributed by atoms with Crippen LogP contribution in [0, 0.1) is 6.92 Å². The zero-order valence-electron chi connectivity index (χ0n) is 14.3. The topological polar surface area (TPSA) is 32.3 Å². The Hall–Kier alpha value is -2.13. The third-order valence-electron chi connectivity index (χ3n) is 4.26. The largest absolute Gasteiger partial charge is 0.350 e. The van der Waals surface area contributed by atoms with Gasteiger partial charge in [-0.05, 0) is 36.7 Å². The molecule has 0 bridgehead atoms. The number of hydrogen-bond acceptors (Lipinski definition) is 2. The van der Waals surface area contributed by atoms with Gasteiger partial charge < -0.3 is 5.32 Å². The lowest BCUT2D eigenvalue weighted by molar-refractivity contribution is -0.126. The van der Waals surface area contributed by atoms with E-state index in [2.05, 4.69) is 43.1 Å². The number of likely N-dealkylation sites (N-methyl/N-ethyl adjacent to an activating group) is 1. The summed E-state index contributed by atoms with van der Waals surface area (Å²) in [7, 11) is 0. The van der Waals surface area contributed by atoms with Gasteiger partial charge in [0.2, 0.25) is 5.91 Å². The van der Waals surface area contributed by atoms with Crippen LogP contribution in [0.25, 0.3) is 0 Å². The lowest BCUT2D eigenvalue weighted by atomic mass is 10.0. The molecule has 1 atom stereocenters. The molecule has 0 saturated carbocycles. The molecule has 0 aliphatic rings. The summed E-state index contributed by atoms with van der Waals surface area (Å²) < 4.78 is 0. The van der Waals surface area contributed by atoms with Gasteiger partial charge in [0.05, 0.1) is 0 Å². The van der Waals surface area contributed by atoms with E-state index in [4.69, 9.17) is 0 Å². The molecule has 0 heterocycles. The van der Waals surface area contributed by atoms with Crippen molar-refractivity contribution >= 4 is 5.91 Å². The normalized spacial score (nSPS) is 12.2. The Morgan fingerprint density at radius 3 is 2.22 bits per heavy atom. The molecule has 0 aliphatic heterocycles. The molecule has 23 heavy (non-hydrogen) atoms. The van der Waals surface area contributed by atoms with Crippen molar-refractivity contribution in [3.05, 3.63) is 71.3 Å². The van der Waals surface area contributed by atoms with Crippen molar-refractivity contribution in [2.45, 2.75) is 33.4 Å². The highest BCUT2D eigenvalue weighted by molar-refractivity contribution is 5.83. The standard InChI is InChI=1S/C20H26N2O/c1-4-22(5-2)19(17-12-7-6-8-13-17)20(23)21-15-18-14-10-9-11-16(18)3/h6-14,19H,4-5,15H2,1-3H3,(H,21,23). The van der Waals surface area contributed by atoms with Gasteiger partial charge in [0.25, 0.3) is 0 Å². The van der Waals surface area contributed by atoms with E-state index in [1.807, 2.05) is 42.5 Å². The van der Waals surface area contributed by atoms with Gasteiger partial charge in [-0.25, -0.2) is 0 Å². The molecule has 3 nitrogen and oxygen atoms in total. The Morgan fingerprint density at radius 1 is 1.00 bits per heavy atom. The number of carbonyl (C=O) groups is 1. The molecule has 1 N–H and O–H groups in total. The van der Waals surface area contributed by atoms with Crippen LogP contribution in [0.3, 0.4) is 0 Å². The molecule has 122 valence electrons. The number of hydrogen-bond donors (Lipinski definition) is 1. The van der Waals surface area contributed by atoms with Crippen LogP contribution in [-0.2, 0) is 11.3 Å². The first-order valence-corrected chi connectivity index (χ1v) is 8.28. The number of nitrogens with zero attached hydrogens (tertiary/aromatic N) is 1. The maximum Gasteiger partial charge on any atom is 0.242 e. The predicted molar refractivity (Wildman–Crippen MR) is 95.1 cm³/mol. The summed E-state index contributed by atoms with van der Waals surface area (Å²) in [5.41, 5.74) is 3.40. The Balaban J connectivity index is 2.15. The van der Waals surface area contributed by atoms with Crippen molar-refractivity contribution in [2.24, 2.45) is 0 Å². The van der Waals surface area contributed by atoms with Crippen LogP contribution < -0.4 is 5.32 Å². The van der Waals surface area contributed by atoms with Crippen molar-refractivity contribution in [3.8, 4) is 0 Å². The molecule has 2 rings (SSSR count). The molecule has 0 aliphatic carbocycles. The monoisotopic (exact) mass is 310 g/mol. The minimum atomic E-state index is -0.241. The van der Waals surface area contributed by atoms with Crippen LogP contribution in [0.15, 0.2) is 54.6 Å². The quantitative estimate of drug-likeness (QED) is 0.846. The van der Waals surface area contributed by atoms with Crippen molar-refractivity contribution in [1.29, 1.82) is 0 Å². The first-order chi connectivity index (χ1) is 11.2. The number of carbonyl (C=O) groups excluding carboxylic acids is 1. The smallest absolute Gasteiger partial charge is 0.242 e. The van der Waals surface area contributed by atoms with Crippen LogP contribution in [0.1, 0.15) is 36.6 Å². The summed E-state index contributed by atoms with van der Waals surface area (Å²) in [6.07, 6.45) is 0. The average Bonchev–Trinajstić information content (AvgIpc) is 2.59. The van der Waals surface area contributed by atoms with Crippen LogP contribution in [0.5, 0.6) is 0 Å². The number of benzene rings is 2. The molecule has 0 spiro atoms. The van der Waals surface area contributed by atoms with E-state index in [-0.39, 0.29) is 11.9 Å². The molecule has 3 heteroatoms. The van der Waals surface area contributed by atoms with Gasteiger partial charge in [0.1, 0.15) is 6.04 Å². The lowest BCUT2D eigenvalue weighted by Gasteiger charge is -2.29. The van der Waals surface area contributed by atoms with Crippen LogP contribution in [0.2, 0.25) is 0 Å². The van der Waals surface area contributed by atoms with Gasteiger partial charge in [-0.1, -0.05) is 68.4 Å². The summed E-state index contributed by atoms with van der Waals surface area (Å²) in [6, 6.07) is 17.9. The van der Waals surface area contributed by atoms with Gasteiger partial charge in [-0.2, -0.15) is 0 Å². The summed E-state index contributed by atoms with van der Waals surface area (Å²) in [4.78, 5) is 15.0. The zero-order chi connectivity index (χ0) is 16.7. The number of rotatable bonds is 7. The van der Waals surface area contributed by atoms with Crippen molar-refractivity contribution < 1.29 is 4.79 Å². The average molecular weight is 310 g/mol. The first-order valence-electron chi connectivity index (χ1n) is 8.28.